The summed E-state index contributed by atoms with van der Waals surface area (Å²) in [4.78, 5) is 15.8. The lowest BCUT2D eigenvalue weighted by Crippen LogP contribution is -2.12. The molecule has 0 unspecified atom stereocenters. The van der Waals surface area contributed by atoms with E-state index in [1.165, 1.54) is 9.79 Å². The molecule has 0 atom stereocenters. The smallest absolute Gasteiger partial charge is 0.338 e. The zero-order chi connectivity index (χ0) is 17.6. The Kier molecular flexibility index (Phi) is 5.56. The van der Waals surface area contributed by atoms with Gasteiger partial charge in [0, 0.05) is 6.07 Å². The van der Waals surface area contributed by atoms with Crippen molar-refractivity contribution in [3.05, 3.63) is 90.5 Å². The van der Waals surface area contributed by atoms with E-state index in [1.54, 1.807) is 0 Å². The molecule has 0 saturated carbocycles. The molecule has 0 aliphatic carbocycles. The molecule has 0 radical (unpaired) electrons. The quantitative estimate of drug-likeness (QED) is 0.459. The molecule has 0 amide bonds. The third-order valence-electron chi connectivity index (χ3n) is 3.61. The molecule has 25 heavy (non-hydrogen) atoms. The molecule has 0 aliphatic rings. The molecule has 3 rings (SSSR count). The van der Waals surface area contributed by atoms with Crippen molar-refractivity contribution in [1.29, 1.82) is 0 Å². The van der Waals surface area contributed by atoms with E-state index in [0.29, 0.717) is 5.56 Å². The van der Waals surface area contributed by atoms with Gasteiger partial charge < -0.3 is 4.74 Å². The largest absolute Gasteiger partial charge is 0.459 e. The van der Waals surface area contributed by atoms with Crippen molar-refractivity contribution in [2.24, 2.45) is 0 Å². The summed E-state index contributed by atoms with van der Waals surface area (Å²) in [6, 6.07) is 28.6. The van der Waals surface area contributed by atoms with Gasteiger partial charge in [-0.1, -0.05) is 42.5 Å². The Labute approximate surface area is 151 Å². The first-order valence-corrected chi connectivity index (χ1v) is 9.53. The molecule has 0 aliphatic heterocycles. The van der Waals surface area contributed by atoms with Crippen LogP contribution >= 0.6 is 0 Å². The molecule has 0 N–H and O–H groups in total. The van der Waals surface area contributed by atoms with Gasteiger partial charge in [-0.25, -0.2) is 4.79 Å². The fraction of sp³-hybridized carbons (Fsp3) is 0.136. The predicted octanol–water partition coefficient (Wildman–Crippen LogP) is 5.35. The molecule has 3 aromatic carbocycles. The number of esters is 1. The first-order chi connectivity index (χ1) is 12.1. The van der Waals surface area contributed by atoms with E-state index in [9.17, 15) is 4.79 Å². The van der Waals surface area contributed by atoms with Crippen molar-refractivity contribution in [3.63, 3.8) is 0 Å². The van der Waals surface area contributed by atoms with Crippen molar-refractivity contribution in [3.8, 4) is 0 Å². The number of rotatable bonds is 5. The minimum Gasteiger partial charge on any atom is -0.459 e. The molecule has 3 heteroatoms. The molecule has 0 bridgehead atoms. The van der Waals surface area contributed by atoms with E-state index < -0.39 is 0 Å². The van der Waals surface area contributed by atoms with Crippen molar-refractivity contribution >= 4 is 16.9 Å². The first kappa shape index (κ1) is 17.3. The van der Waals surface area contributed by atoms with Crippen LogP contribution in [0.3, 0.4) is 0 Å². The lowest BCUT2D eigenvalue weighted by atomic mass is 10.2. The van der Waals surface area contributed by atoms with Crippen molar-refractivity contribution in [1.82, 2.24) is 0 Å². The lowest BCUT2D eigenvalue weighted by Gasteiger charge is -2.10. The van der Waals surface area contributed by atoms with Gasteiger partial charge in [0.15, 0.2) is 14.7 Å². The Bertz CT molecular complexity index is 789. The fourth-order valence-corrected chi connectivity index (χ4v) is 4.69. The number of carbonyl (C=O) groups excluding carboxylic acids is 1. The van der Waals surface area contributed by atoms with E-state index in [-0.39, 0.29) is 23.0 Å². The van der Waals surface area contributed by atoms with E-state index in [1.807, 2.05) is 44.2 Å². The number of benzene rings is 3. The van der Waals surface area contributed by atoms with Crippen LogP contribution in [0.15, 0.2) is 99.6 Å². The average molecular weight is 349 g/mol. The molecule has 3 aromatic rings. The van der Waals surface area contributed by atoms with Crippen LogP contribution in [0.4, 0.5) is 0 Å². The van der Waals surface area contributed by atoms with Crippen LogP contribution < -0.4 is 0 Å². The Balaban J connectivity index is 2.04. The molecular formula is C22H21O2S+. The lowest BCUT2D eigenvalue weighted by molar-refractivity contribution is 0.0377. The van der Waals surface area contributed by atoms with Crippen LogP contribution in [0.25, 0.3) is 0 Å². The van der Waals surface area contributed by atoms with Crippen LogP contribution in [-0.2, 0) is 15.6 Å². The molecule has 0 aromatic heterocycles. The second kappa shape index (κ2) is 8.04. The minimum atomic E-state index is -0.276. The summed E-state index contributed by atoms with van der Waals surface area (Å²) in [5.41, 5.74) is 0.593. The van der Waals surface area contributed by atoms with Gasteiger partial charge in [-0.3, -0.25) is 0 Å². The minimum absolute atomic E-state index is 0.127. The van der Waals surface area contributed by atoms with Gasteiger partial charge in [-0.15, -0.1) is 0 Å². The van der Waals surface area contributed by atoms with E-state index in [2.05, 4.69) is 54.6 Å². The average Bonchev–Trinajstić information content (AvgIpc) is 2.63. The van der Waals surface area contributed by atoms with Crippen LogP contribution in [-0.4, -0.2) is 12.1 Å². The molecule has 0 saturated heterocycles. The van der Waals surface area contributed by atoms with Gasteiger partial charge in [0.25, 0.3) is 0 Å². The maximum Gasteiger partial charge on any atom is 0.338 e. The third kappa shape index (κ3) is 4.31. The molecule has 0 spiro atoms. The molecule has 0 fully saturated rings. The topological polar surface area (TPSA) is 26.3 Å². The number of carbonyl (C=O) groups is 1. The summed E-state index contributed by atoms with van der Waals surface area (Å²) in [6.07, 6.45) is -0.127. The van der Waals surface area contributed by atoms with E-state index in [0.717, 1.165) is 4.90 Å². The summed E-state index contributed by atoms with van der Waals surface area (Å²) >= 11 is 0. The standard InChI is InChI=1S/C22H21O2S/c1-17(2)24-22(23)18-10-9-15-21(16-18)25(19-11-5-3-6-12-19)20-13-7-4-8-14-20/h3-17H,1-2H3/q+1. The van der Waals surface area contributed by atoms with E-state index in [4.69, 9.17) is 4.74 Å². The maximum absolute atomic E-state index is 12.3. The summed E-state index contributed by atoms with van der Waals surface area (Å²) < 4.78 is 5.35. The van der Waals surface area contributed by atoms with Crippen LogP contribution in [0.2, 0.25) is 0 Å². The zero-order valence-electron chi connectivity index (χ0n) is 14.4. The Hall–Kier alpha value is -2.52. The van der Waals surface area contributed by atoms with Crippen molar-refractivity contribution < 1.29 is 9.53 Å². The Morgan fingerprint density at radius 2 is 1.28 bits per heavy atom. The fourth-order valence-electron chi connectivity index (χ4n) is 2.55. The highest BCUT2D eigenvalue weighted by Crippen LogP contribution is 2.31. The Morgan fingerprint density at radius 3 is 1.80 bits per heavy atom. The highest BCUT2D eigenvalue weighted by atomic mass is 32.2. The summed E-state index contributed by atoms with van der Waals surface area (Å²) in [5.74, 6) is -0.276. The second-order valence-corrected chi connectivity index (χ2v) is 7.94. The SMILES string of the molecule is CC(C)OC(=O)c1cccc([S+](c2ccccc2)c2ccccc2)c1. The monoisotopic (exact) mass is 349 g/mol. The second-order valence-electron chi connectivity index (χ2n) is 5.91. The Morgan fingerprint density at radius 1 is 0.760 bits per heavy atom. The van der Waals surface area contributed by atoms with Gasteiger partial charge in [-0.05, 0) is 50.2 Å². The summed E-state index contributed by atoms with van der Waals surface area (Å²) in [7, 11) is -0.262. The zero-order valence-corrected chi connectivity index (χ0v) is 15.2. The summed E-state index contributed by atoms with van der Waals surface area (Å²) in [5, 5.41) is 0. The van der Waals surface area contributed by atoms with Crippen molar-refractivity contribution in [2.45, 2.75) is 34.6 Å². The van der Waals surface area contributed by atoms with E-state index >= 15 is 0 Å². The van der Waals surface area contributed by atoms with Gasteiger partial charge in [0.05, 0.1) is 22.6 Å². The van der Waals surface area contributed by atoms with Crippen LogP contribution in [0, 0.1) is 0 Å². The maximum atomic E-state index is 12.3. The third-order valence-corrected chi connectivity index (χ3v) is 5.82. The molecule has 0 heterocycles. The number of hydrogen-bond acceptors (Lipinski definition) is 2. The highest BCUT2D eigenvalue weighted by molar-refractivity contribution is 7.97. The first-order valence-electron chi connectivity index (χ1n) is 8.30. The van der Waals surface area contributed by atoms with Gasteiger partial charge in [-0.2, -0.15) is 0 Å². The molecule has 126 valence electrons. The van der Waals surface area contributed by atoms with Crippen LogP contribution in [0.1, 0.15) is 24.2 Å². The predicted molar refractivity (Wildman–Crippen MR) is 102 cm³/mol. The van der Waals surface area contributed by atoms with Gasteiger partial charge in [0.1, 0.15) is 0 Å². The van der Waals surface area contributed by atoms with Gasteiger partial charge >= 0.3 is 5.97 Å². The summed E-state index contributed by atoms with van der Waals surface area (Å²) in [6.45, 7) is 3.72. The van der Waals surface area contributed by atoms with Crippen molar-refractivity contribution in [2.75, 3.05) is 0 Å². The normalized spacial score (nSPS) is 10.9. The highest BCUT2D eigenvalue weighted by Gasteiger charge is 2.29. The van der Waals surface area contributed by atoms with Gasteiger partial charge in [0.2, 0.25) is 0 Å². The number of ether oxygens (including phenoxy) is 1. The molecule has 2 nitrogen and oxygen atoms in total. The number of hydrogen-bond donors (Lipinski definition) is 0. The molecular weight excluding hydrogens is 328 g/mol. The van der Waals surface area contributed by atoms with Crippen LogP contribution in [0.5, 0.6) is 0 Å².